The zero-order chi connectivity index (χ0) is 21.6. The molecular weight excluding hydrogens is 413 g/mol. The Kier molecular flexibility index (Phi) is 6.83. The third-order valence-electron chi connectivity index (χ3n) is 3.17. The topological polar surface area (TPSA) is 125 Å². The van der Waals surface area contributed by atoms with E-state index in [1.807, 2.05) is 25.3 Å². The van der Waals surface area contributed by atoms with Crippen LogP contribution >= 0.6 is 11.3 Å². The number of nitrogens with zero attached hydrogens (tertiary/aromatic N) is 3. The number of aryl methyl sites for hydroxylation is 1. The number of halogens is 3. The summed E-state index contributed by atoms with van der Waals surface area (Å²) in [5.41, 5.74) is 4.64. The number of aromatic carboxylic acids is 1. The zero-order valence-corrected chi connectivity index (χ0v) is 15.5. The number of hydrogen-bond donors (Lipinski definition) is 3. The summed E-state index contributed by atoms with van der Waals surface area (Å²) in [4.78, 5) is 33.0. The summed E-state index contributed by atoms with van der Waals surface area (Å²) in [7, 11) is 0. The number of carbonyl (C=O) groups is 2. The average molecular weight is 426 g/mol. The van der Waals surface area contributed by atoms with Crippen molar-refractivity contribution in [1.82, 2.24) is 15.0 Å². The number of carboxylic acids is 2. The predicted molar refractivity (Wildman–Crippen MR) is 98.3 cm³/mol. The Hall–Kier alpha value is -3.54. The summed E-state index contributed by atoms with van der Waals surface area (Å²) in [5, 5.41) is 19.1. The first-order valence-electron chi connectivity index (χ1n) is 7.70. The van der Waals surface area contributed by atoms with Crippen LogP contribution in [0.5, 0.6) is 0 Å². The van der Waals surface area contributed by atoms with Gasteiger partial charge in [-0.3, -0.25) is 4.98 Å². The van der Waals surface area contributed by atoms with E-state index in [9.17, 15) is 18.0 Å². The third-order valence-corrected chi connectivity index (χ3v) is 3.99. The van der Waals surface area contributed by atoms with Crippen LogP contribution in [0.3, 0.4) is 0 Å². The molecule has 0 saturated heterocycles. The van der Waals surface area contributed by atoms with Crippen molar-refractivity contribution < 1.29 is 33.0 Å². The highest BCUT2D eigenvalue weighted by atomic mass is 32.1. The van der Waals surface area contributed by atoms with Gasteiger partial charge in [-0.25, -0.2) is 19.6 Å². The molecule has 29 heavy (non-hydrogen) atoms. The van der Waals surface area contributed by atoms with Crippen LogP contribution < -0.4 is 5.32 Å². The van der Waals surface area contributed by atoms with E-state index < -0.39 is 18.1 Å². The van der Waals surface area contributed by atoms with E-state index >= 15 is 0 Å². The first kappa shape index (κ1) is 21.8. The highest BCUT2D eigenvalue weighted by Crippen LogP contribution is 2.28. The van der Waals surface area contributed by atoms with Gasteiger partial charge in [0, 0.05) is 18.1 Å². The van der Waals surface area contributed by atoms with Crippen molar-refractivity contribution >= 4 is 34.9 Å². The molecule has 0 bridgehead atoms. The van der Waals surface area contributed by atoms with Crippen LogP contribution in [-0.4, -0.2) is 43.3 Å². The Morgan fingerprint density at radius 3 is 2.41 bits per heavy atom. The van der Waals surface area contributed by atoms with Crippen LogP contribution in [0, 0.1) is 6.92 Å². The number of hydrogen-bond acceptors (Lipinski definition) is 7. The van der Waals surface area contributed by atoms with E-state index in [0.29, 0.717) is 0 Å². The van der Waals surface area contributed by atoms with Crippen LogP contribution in [-0.2, 0) is 4.79 Å². The van der Waals surface area contributed by atoms with Crippen molar-refractivity contribution in [2.24, 2.45) is 0 Å². The first-order valence-corrected chi connectivity index (χ1v) is 8.58. The average Bonchev–Trinajstić information content (AvgIpc) is 3.16. The molecule has 0 atom stereocenters. The Morgan fingerprint density at radius 1 is 1.17 bits per heavy atom. The lowest BCUT2D eigenvalue weighted by Crippen LogP contribution is -2.21. The molecule has 2 heterocycles. The van der Waals surface area contributed by atoms with Crippen molar-refractivity contribution in [2.45, 2.75) is 13.1 Å². The second-order valence-corrected chi connectivity index (χ2v) is 6.34. The fraction of sp³-hybridized carbons (Fsp3) is 0.118. The smallest absolute Gasteiger partial charge is 0.477 e. The number of thiazole rings is 1. The number of aromatic nitrogens is 3. The number of rotatable bonds is 4. The standard InChI is InChI=1S/C15H12N4O2S.C2HF3O2/c1-9-4-10(13-7-16-8-22-13)6-11(5-9)18-15-17-3-2-12(19-15)14(20)21;3-2(4,5)1(6)7/h2-8H,1H3,(H,20,21)(H,17,18,19);(H,6,7). The summed E-state index contributed by atoms with van der Waals surface area (Å²) in [6.45, 7) is 1.99. The van der Waals surface area contributed by atoms with Crippen LogP contribution in [0.1, 0.15) is 16.1 Å². The van der Waals surface area contributed by atoms with E-state index in [0.717, 1.165) is 21.7 Å². The zero-order valence-electron chi connectivity index (χ0n) is 14.6. The molecule has 0 fully saturated rings. The molecule has 12 heteroatoms. The lowest BCUT2D eigenvalue weighted by molar-refractivity contribution is -0.192. The summed E-state index contributed by atoms with van der Waals surface area (Å²) < 4.78 is 31.7. The summed E-state index contributed by atoms with van der Waals surface area (Å²) in [5.74, 6) is -3.59. The molecule has 0 amide bonds. The highest BCUT2D eigenvalue weighted by Gasteiger charge is 2.38. The summed E-state index contributed by atoms with van der Waals surface area (Å²) in [6.07, 6.45) is -1.86. The number of benzene rings is 1. The monoisotopic (exact) mass is 426 g/mol. The summed E-state index contributed by atoms with van der Waals surface area (Å²) in [6, 6.07) is 7.32. The van der Waals surface area contributed by atoms with Gasteiger partial charge in [-0.1, -0.05) is 6.07 Å². The molecule has 0 unspecified atom stereocenters. The molecule has 2 aromatic heterocycles. The second-order valence-electron chi connectivity index (χ2n) is 5.45. The van der Waals surface area contributed by atoms with Crippen LogP contribution in [0.25, 0.3) is 10.4 Å². The third kappa shape index (κ3) is 6.53. The van der Waals surface area contributed by atoms with Gasteiger partial charge < -0.3 is 15.5 Å². The van der Waals surface area contributed by atoms with Crippen molar-refractivity contribution in [3.8, 4) is 10.4 Å². The second kappa shape index (κ2) is 9.10. The van der Waals surface area contributed by atoms with Gasteiger partial charge in [-0.05, 0) is 36.2 Å². The summed E-state index contributed by atoms with van der Waals surface area (Å²) >= 11 is 1.56. The van der Waals surface area contributed by atoms with Gasteiger partial charge >= 0.3 is 18.1 Å². The number of nitrogens with one attached hydrogen (secondary N) is 1. The molecule has 0 saturated carbocycles. The van der Waals surface area contributed by atoms with E-state index in [-0.39, 0.29) is 11.6 Å². The van der Waals surface area contributed by atoms with Gasteiger partial charge in [-0.2, -0.15) is 13.2 Å². The lowest BCUT2D eigenvalue weighted by atomic mass is 10.1. The van der Waals surface area contributed by atoms with Gasteiger partial charge in [0.15, 0.2) is 5.69 Å². The van der Waals surface area contributed by atoms with E-state index in [1.165, 1.54) is 12.3 Å². The molecule has 0 aliphatic heterocycles. The van der Waals surface area contributed by atoms with Crippen LogP contribution in [0.2, 0.25) is 0 Å². The molecule has 3 rings (SSSR count). The SMILES string of the molecule is Cc1cc(Nc2nccc(C(=O)O)n2)cc(-c2cncs2)c1.O=C(O)C(F)(F)F. The molecular formula is C17H13F3N4O4S. The van der Waals surface area contributed by atoms with E-state index in [1.54, 1.807) is 16.8 Å². The Labute approximate surface area is 165 Å². The van der Waals surface area contributed by atoms with E-state index in [2.05, 4.69) is 26.3 Å². The fourth-order valence-corrected chi connectivity index (χ4v) is 2.63. The number of alkyl halides is 3. The van der Waals surface area contributed by atoms with Crippen LogP contribution in [0.15, 0.2) is 42.2 Å². The predicted octanol–water partition coefficient (Wildman–Crippen LogP) is 3.98. The molecule has 0 aliphatic rings. The molecule has 0 radical (unpaired) electrons. The number of anilines is 2. The van der Waals surface area contributed by atoms with E-state index in [4.69, 9.17) is 15.0 Å². The minimum atomic E-state index is -5.08. The van der Waals surface area contributed by atoms with Crippen LogP contribution in [0.4, 0.5) is 24.8 Å². The first-order chi connectivity index (χ1) is 13.6. The largest absolute Gasteiger partial charge is 0.490 e. The molecule has 0 spiro atoms. The molecule has 3 aromatic rings. The molecule has 0 aliphatic carbocycles. The minimum Gasteiger partial charge on any atom is -0.477 e. The molecule has 152 valence electrons. The lowest BCUT2D eigenvalue weighted by Gasteiger charge is -2.08. The van der Waals surface area contributed by atoms with Crippen molar-refractivity contribution in [1.29, 1.82) is 0 Å². The molecule has 8 nitrogen and oxygen atoms in total. The molecule has 3 N–H and O–H groups in total. The van der Waals surface area contributed by atoms with Gasteiger partial charge in [0.2, 0.25) is 5.95 Å². The Balaban J connectivity index is 0.000000370. The minimum absolute atomic E-state index is 0.0483. The van der Waals surface area contributed by atoms with Gasteiger partial charge in [0.1, 0.15) is 0 Å². The van der Waals surface area contributed by atoms with Crippen molar-refractivity contribution in [2.75, 3.05) is 5.32 Å². The van der Waals surface area contributed by atoms with Gasteiger partial charge in [0.25, 0.3) is 0 Å². The Morgan fingerprint density at radius 2 is 1.86 bits per heavy atom. The maximum Gasteiger partial charge on any atom is 0.490 e. The maximum atomic E-state index is 10.9. The normalized spacial score (nSPS) is 10.6. The quantitative estimate of drug-likeness (QED) is 0.572. The fourth-order valence-electron chi connectivity index (χ4n) is 2.02. The van der Waals surface area contributed by atoms with Gasteiger partial charge in [-0.15, -0.1) is 11.3 Å². The van der Waals surface area contributed by atoms with Gasteiger partial charge in [0.05, 0.1) is 10.4 Å². The highest BCUT2D eigenvalue weighted by molar-refractivity contribution is 7.13. The maximum absolute atomic E-state index is 10.9. The molecule has 1 aromatic carbocycles. The number of aliphatic carboxylic acids is 1. The van der Waals surface area contributed by atoms with Crippen molar-refractivity contribution in [3.05, 3.63) is 53.4 Å². The number of carboxylic acid groups (broad SMARTS) is 2. The Bertz CT molecular complexity index is 1010. The van der Waals surface area contributed by atoms with Crippen molar-refractivity contribution in [3.63, 3.8) is 0 Å².